The maximum absolute atomic E-state index is 12.9. The van der Waals surface area contributed by atoms with Gasteiger partial charge < -0.3 is 9.47 Å². The molecule has 0 aliphatic heterocycles. The number of hydrogen-bond acceptors (Lipinski definition) is 4. The number of carbonyl (C=O) groups is 1. The summed E-state index contributed by atoms with van der Waals surface area (Å²) in [5, 5.41) is 8.79. The van der Waals surface area contributed by atoms with Crippen molar-refractivity contribution in [2.75, 3.05) is 6.61 Å². The van der Waals surface area contributed by atoms with Crippen molar-refractivity contribution in [3.8, 4) is 11.8 Å². The van der Waals surface area contributed by atoms with Crippen LogP contribution in [0.25, 0.3) is 0 Å². The minimum Gasteiger partial charge on any atom is -0.481 e. The standard InChI is InChI=1S/C16H11BrFNO3/c17-14-7-13(18)4-5-15(14)21-10-16(20)22-9-12-3-1-2-11(6-12)8-19/h1-7H,9-10H2. The molecule has 0 amide bonds. The number of esters is 1. The Hall–Kier alpha value is -2.39. The van der Waals surface area contributed by atoms with Crippen molar-refractivity contribution in [1.82, 2.24) is 0 Å². The Morgan fingerprint density at radius 2 is 2.09 bits per heavy atom. The van der Waals surface area contributed by atoms with Crippen molar-refractivity contribution in [1.29, 1.82) is 5.26 Å². The SMILES string of the molecule is N#Cc1cccc(COC(=O)COc2ccc(F)cc2Br)c1. The summed E-state index contributed by atoms with van der Waals surface area (Å²) < 4.78 is 23.6. The minimum absolute atomic E-state index is 0.0578. The predicted octanol–water partition coefficient (Wildman–Crippen LogP) is 3.58. The molecule has 2 rings (SSSR count). The molecule has 2 aromatic rings. The van der Waals surface area contributed by atoms with Crippen molar-refractivity contribution >= 4 is 21.9 Å². The number of carbonyl (C=O) groups excluding carboxylic acids is 1. The summed E-state index contributed by atoms with van der Waals surface area (Å²) in [6, 6.07) is 12.7. The molecule has 0 bridgehead atoms. The van der Waals surface area contributed by atoms with E-state index in [1.807, 2.05) is 6.07 Å². The molecule has 0 atom stereocenters. The number of nitrogens with zero attached hydrogens (tertiary/aromatic N) is 1. The molecular weight excluding hydrogens is 353 g/mol. The van der Waals surface area contributed by atoms with Gasteiger partial charge in [-0.1, -0.05) is 12.1 Å². The summed E-state index contributed by atoms with van der Waals surface area (Å²) >= 11 is 3.14. The lowest BCUT2D eigenvalue weighted by Gasteiger charge is -2.08. The van der Waals surface area contributed by atoms with Gasteiger partial charge in [0.05, 0.1) is 16.1 Å². The van der Waals surface area contributed by atoms with Crippen molar-refractivity contribution in [2.45, 2.75) is 6.61 Å². The normalized spacial score (nSPS) is 9.86. The van der Waals surface area contributed by atoms with Crippen LogP contribution in [0.3, 0.4) is 0 Å². The van der Waals surface area contributed by atoms with E-state index in [4.69, 9.17) is 14.7 Å². The van der Waals surface area contributed by atoms with Gasteiger partial charge in [-0.25, -0.2) is 9.18 Å². The van der Waals surface area contributed by atoms with Crippen molar-refractivity contribution in [2.24, 2.45) is 0 Å². The molecule has 6 heteroatoms. The van der Waals surface area contributed by atoms with Crippen LogP contribution in [-0.4, -0.2) is 12.6 Å². The summed E-state index contributed by atoms with van der Waals surface area (Å²) in [4.78, 5) is 11.6. The highest BCUT2D eigenvalue weighted by molar-refractivity contribution is 9.10. The monoisotopic (exact) mass is 363 g/mol. The second-order valence-corrected chi connectivity index (χ2v) is 5.19. The van der Waals surface area contributed by atoms with Crippen LogP contribution in [0.15, 0.2) is 46.9 Å². The van der Waals surface area contributed by atoms with Gasteiger partial charge in [0.2, 0.25) is 0 Å². The third-order valence-electron chi connectivity index (χ3n) is 2.70. The van der Waals surface area contributed by atoms with Gasteiger partial charge in [-0.2, -0.15) is 5.26 Å². The summed E-state index contributed by atoms with van der Waals surface area (Å²) in [6.45, 7) is -0.232. The smallest absolute Gasteiger partial charge is 0.344 e. The van der Waals surface area contributed by atoms with Crippen LogP contribution in [-0.2, 0) is 16.1 Å². The molecule has 112 valence electrons. The molecular formula is C16H11BrFNO3. The highest BCUT2D eigenvalue weighted by Crippen LogP contribution is 2.25. The molecule has 2 aromatic carbocycles. The third-order valence-corrected chi connectivity index (χ3v) is 3.32. The zero-order chi connectivity index (χ0) is 15.9. The number of ether oxygens (including phenoxy) is 2. The van der Waals surface area contributed by atoms with E-state index in [0.717, 1.165) is 5.56 Å². The maximum atomic E-state index is 12.9. The second kappa shape index (κ2) is 7.57. The highest BCUT2D eigenvalue weighted by Gasteiger charge is 2.08. The van der Waals surface area contributed by atoms with Gasteiger partial charge in [-0.15, -0.1) is 0 Å². The molecule has 22 heavy (non-hydrogen) atoms. The lowest BCUT2D eigenvalue weighted by Crippen LogP contribution is -2.15. The Kier molecular flexibility index (Phi) is 5.50. The van der Waals surface area contributed by atoms with Gasteiger partial charge in [0.25, 0.3) is 0 Å². The quantitative estimate of drug-likeness (QED) is 0.761. The molecule has 0 N–H and O–H groups in total. The Balaban J connectivity index is 1.84. The first-order chi connectivity index (χ1) is 10.6. The molecule has 0 spiro atoms. The molecule has 0 fully saturated rings. The maximum Gasteiger partial charge on any atom is 0.344 e. The fourth-order valence-electron chi connectivity index (χ4n) is 1.67. The van der Waals surface area contributed by atoms with Crippen LogP contribution < -0.4 is 4.74 Å². The average Bonchev–Trinajstić information content (AvgIpc) is 2.52. The number of rotatable bonds is 5. The third kappa shape index (κ3) is 4.57. The predicted molar refractivity (Wildman–Crippen MR) is 80.5 cm³/mol. The Bertz CT molecular complexity index is 728. The van der Waals surface area contributed by atoms with Gasteiger partial charge in [0, 0.05) is 0 Å². The first-order valence-electron chi connectivity index (χ1n) is 6.31. The van der Waals surface area contributed by atoms with E-state index >= 15 is 0 Å². The zero-order valence-corrected chi connectivity index (χ0v) is 13.0. The zero-order valence-electron chi connectivity index (χ0n) is 11.4. The Morgan fingerprint density at radius 3 is 2.82 bits per heavy atom. The molecule has 4 nitrogen and oxygen atoms in total. The number of nitriles is 1. The summed E-state index contributed by atoms with van der Waals surface area (Å²) in [5.41, 5.74) is 1.22. The lowest BCUT2D eigenvalue weighted by molar-refractivity contribution is -0.147. The fraction of sp³-hybridized carbons (Fsp3) is 0.125. The first kappa shape index (κ1) is 16.0. The van der Waals surface area contributed by atoms with Crippen molar-refractivity contribution in [3.63, 3.8) is 0 Å². The number of halogens is 2. The van der Waals surface area contributed by atoms with Crippen LogP contribution in [0.4, 0.5) is 4.39 Å². The van der Waals surface area contributed by atoms with E-state index in [2.05, 4.69) is 15.9 Å². The molecule has 0 heterocycles. The van der Waals surface area contributed by atoms with E-state index in [1.54, 1.807) is 24.3 Å². The molecule has 0 aliphatic rings. The highest BCUT2D eigenvalue weighted by atomic mass is 79.9. The second-order valence-electron chi connectivity index (χ2n) is 4.34. The van der Waals surface area contributed by atoms with E-state index < -0.39 is 11.8 Å². The molecule has 0 saturated carbocycles. The van der Waals surface area contributed by atoms with Crippen LogP contribution in [0.5, 0.6) is 5.75 Å². The molecule has 0 saturated heterocycles. The molecule has 0 radical (unpaired) electrons. The molecule has 0 aliphatic carbocycles. The summed E-state index contributed by atoms with van der Waals surface area (Å²) in [7, 11) is 0. The largest absolute Gasteiger partial charge is 0.481 e. The van der Waals surface area contributed by atoms with E-state index in [9.17, 15) is 9.18 Å². The van der Waals surface area contributed by atoms with E-state index in [-0.39, 0.29) is 13.2 Å². The van der Waals surface area contributed by atoms with Gasteiger partial charge in [-0.3, -0.25) is 0 Å². The van der Waals surface area contributed by atoms with Crippen LogP contribution >= 0.6 is 15.9 Å². The average molecular weight is 364 g/mol. The van der Waals surface area contributed by atoms with Crippen molar-refractivity contribution in [3.05, 3.63) is 63.9 Å². The number of hydrogen-bond donors (Lipinski definition) is 0. The van der Waals surface area contributed by atoms with Crippen LogP contribution in [0, 0.1) is 17.1 Å². The topological polar surface area (TPSA) is 59.3 Å². The first-order valence-corrected chi connectivity index (χ1v) is 7.10. The van der Waals surface area contributed by atoms with Gasteiger partial charge >= 0.3 is 5.97 Å². The minimum atomic E-state index is -0.557. The van der Waals surface area contributed by atoms with Crippen LogP contribution in [0.1, 0.15) is 11.1 Å². The van der Waals surface area contributed by atoms with Crippen molar-refractivity contribution < 1.29 is 18.7 Å². The van der Waals surface area contributed by atoms with Gasteiger partial charge in [0.15, 0.2) is 6.61 Å². The van der Waals surface area contributed by atoms with Crippen LogP contribution in [0.2, 0.25) is 0 Å². The fourth-order valence-corrected chi connectivity index (χ4v) is 2.13. The Morgan fingerprint density at radius 1 is 1.27 bits per heavy atom. The van der Waals surface area contributed by atoms with Gasteiger partial charge in [0.1, 0.15) is 18.2 Å². The number of benzene rings is 2. The summed E-state index contributed by atoms with van der Waals surface area (Å²) in [6.07, 6.45) is 0. The van der Waals surface area contributed by atoms with E-state index in [0.29, 0.717) is 15.8 Å². The molecule has 0 aromatic heterocycles. The summed E-state index contributed by atoms with van der Waals surface area (Å²) in [5.74, 6) is -0.609. The molecule has 0 unspecified atom stereocenters. The Labute approximate surface area is 135 Å². The van der Waals surface area contributed by atoms with Gasteiger partial charge in [-0.05, 0) is 51.8 Å². The van der Waals surface area contributed by atoms with E-state index in [1.165, 1.54) is 18.2 Å². The lowest BCUT2D eigenvalue weighted by atomic mass is 10.1.